The summed E-state index contributed by atoms with van der Waals surface area (Å²) < 4.78 is 9.11. The van der Waals surface area contributed by atoms with E-state index in [1.165, 1.54) is 105 Å². The van der Waals surface area contributed by atoms with Gasteiger partial charge in [-0.15, -0.1) is 0 Å². The number of furan rings is 1. The van der Waals surface area contributed by atoms with E-state index in [0.717, 1.165) is 27.9 Å². The molecule has 0 spiro atoms. The Kier molecular flexibility index (Phi) is 6.94. The number of para-hydroxylation sites is 1. The minimum absolute atomic E-state index is 0.0716. The van der Waals surface area contributed by atoms with Crippen LogP contribution in [0.5, 0.6) is 0 Å². The second-order valence-electron chi connectivity index (χ2n) is 20.0. The van der Waals surface area contributed by atoms with Crippen LogP contribution in [0.4, 0.5) is 11.4 Å². The number of anilines is 2. The van der Waals surface area contributed by atoms with Crippen LogP contribution in [0.2, 0.25) is 0 Å². The SMILES string of the molecule is CC(C)(C)c1ccc(Nc2cc3c(cc2-c2ccc4c5c6c(ccc5n5c4c2[B]c2cc4c(cc2-5)-c2ccccc2C4(C)C)oc2ccccc26)-c2ccccc2C3(C)C)cc1. The largest absolute Gasteiger partial charge is 0.456 e. The standard InChI is InChI=1S/C58H46BN2O/c1-56(2,3)32-20-22-33(23-21-32)60-47-31-45-39(34-14-8-11-17-42(34)58(45,6)7)28-41(47)36-24-25-38-52-48(26-27-51-53(52)37-16-10-13-19-50(37)62-51)61-49-29-40-35-15-9-12-18-43(35)57(4,5)44(40)30-46(49)59-54(36)55(38)61/h8-31,60H,1-7H3. The predicted molar refractivity (Wildman–Crippen MR) is 262 cm³/mol. The van der Waals surface area contributed by atoms with E-state index in [0.29, 0.717) is 0 Å². The second-order valence-corrected chi connectivity index (χ2v) is 20.0. The molecule has 4 heteroatoms. The Morgan fingerprint density at radius 1 is 0.532 bits per heavy atom. The Morgan fingerprint density at radius 2 is 1.19 bits per heavy atom. The molecule has 13 rings (SSSR count). The van der Waals surface area contributed by atoms with Crippen LogP contribution in [0.15, 0.2) is 150 Å². The number of rotatable bonds is 3. The van der Waals surface area contributed by atoms with E-state index in [9.17, 15) is 0 Å². The zero-order valence-electron chi connectivity index (χ0n) is 36.3. The van der Waals surface area contributed by atoms with Crippen molar-refractivity contribution < 1.29 is 4.42 Å². The quantitative estimate of drug-likeness (QED) is 0.181. The Bertz CT molecular complexity index is 3610. The summed E-state index contributed by atoms with van der Waals surface area (Å²) in [5, 5.41) is 8.78. The molecule has 0 bridgehead atoms. The maximum absolute atomic E-state index is 6.54. The summed E-state index contributed by atoms with van der Waals surface area (Å²) >= 11 is 0. The minimum atomic E-state index is -0.143. The number of nitrogens with one attached hydrogen (secondary N) is 1. The number of hydrogen-bond donors (Lipinski definition) is 1. The molecule has 62 heavy (non-hydrogen) atoms. The zero-order chi connectivity index (χ0) is 42.0. The van der Waals surface area contributed by atoms with Gasteiger partial charge in [0.15, 0.2) is 7.28 Å². The third-order valence-electron chi connectivity index (χ3n) is 14.8. The van der Waals surface area contributed by atoms with Gasteiger partial charge in [0.2, 0.25) is 0 Å². The number of nitrogens with zero attached hydrogens (tertiary/aromatic N) is 1. The molecule has 0 saturated heterocycles. The summed E-state index contributed by atoms with van der Waals surface area (Å²) in [6, 6.07) is 54.6. The van der Waals surface area contributed by atoms with Gasteiger partial charge in [0.05, 0.1) is 5.52 Å². The van der Waals surface area contributed by atoms with Gasteiger partial charge >= 0.3 is 0 Å². The molecule has 3 heterocycles. The highest BCUT2D eigenvalue weighted by molar-refractivity contribution is 6.73. The van der Waals surface area contributed by atoms with Crippen molar-refractivity contribution in [3.63, 3.8) is 0 Å². The van der Waals surface area contributed by atoms with Gasteiger partial charge in [0.1, 0.15) is 11.2 Å². The van der Waals surface area contributed by atoms with Gasteiger partial charge in [0.25, 0.3) is 0 Å². The Morgan fingerprint density at radius 3 is 1.92 bits per heavy atom. The summed E-state index contributed by atoms with van der Waals surface area (Å²) in [5.74, 6) is 0. The van der Waals surface area contributed by atoms with Crippen LogP contribution in [0.25, 0.3) is 82.8 Å². The van der Waals surface area contributed by atoms with Crippen LogP contribution in [0.1, 0.15) is 76.3 Å². The van der Waals surface area contributed by atoms with E-state index < -0.39 is 0 Å². The molecule has 1 N–H and O–H groups in total. The van der Waals surface area contributed by atoms with E-state index in [-0.39, 0.29) is 16.2 Å². The van der Waals surface area contributed by atoms with Crippen molar-refractivity contribution in [2.45, 2.75) is 64.7 Å². The fourth-order valence-corrected chi connectivity index (χ4v) is 11.6. The topological polar surface area (TPSA) is 30.1 Å². The van der Waals surface area contributed by atoms with Crippen molar-refractivity contribution in [1.82, 2.24) is 4.57 Å². The van der Waals surface area contributed by atoms with Crippen molar-refractivity contribution in [2.75, 3.05) is 5.32 Å². The van der Waals surface area contributed by atoms with E-state index in [2.05, 4.69) is 211 Å². The summed E-state index contributed by atoms with van der Waals surface area (Å²) in [4.78, 5) is 0. The van der Waals surface area contributed by atoms with Gasteiger partial charge < -0.3 is 14.3 Å². The van der Waals surface area contributed by atoms with E-state index in [1.807, 2.05) is 0 Å². The summed E-state index contributed by atoms with van der Waals surface area (Å²) in [7, 11) is 2.49. The molecule has 3 aliphatic rings. The third kappa shape index (κ3) is 4.67. The fourth-order valence-electron chi connectivity index (χ4n) is 11.6. The molecule has 2 aromatic heterocycles. The molecule has 0 atom stereocenters. The maximum Gasteiger partial charge on any atom is 0.197 e. The molecular weight excluding hydrogens is 751 g/mol. The monoisotopic (exact) mass is 797 g/mol. The molecule has 10 aromatic rings. The highest BCUT2D eigenvalue weighted by Gasteiger charge is 2.39. The molecule has 3 nitrogen and oxygen atoms in total. The first-order chi connectivity index (χ1) is 29.9. The van der Waals surface area contributed by atoms with Crippen LogP contribution in [0, 0.1) is 0 Å². The van der Waals surface area contributed by atoms with Crippen LogP contribution >= 0.6 is 0 Å². The van der Waals surface area contributed by atoms with Gasteiger partial charge in [-0.05, 0) is 115 Å². The van der Waals surface area contributed by atoms with E-state index in [4.69, 9.17) is 4.42 Å². The summed E-state index contributed by atoms with van der Waals surface area (Å²) in [5.41, 5.74) is 24.4. The highest BCUT2D eigenvalue weighted by atomic mass is 16.3. The lowest BCUT2D eigenvalue weighted by Crippen LogP contribution is -2.38. The predicted octanol–water partition coefficient (Wildman–Crippen LogP) is 14.0. The maximum atomic E-state index is 6.54. The summed E-state index contributed by atoms with van der Waals surface area (Å²) in [6.07, 6.45) is 0. The van der Waals surface area contributed by atoms with Crippen LogP contribution < -0.4 is 16.2 Å². The van der Waals surface area contributed by atoms with Crippen molar-refractivity contribution in [3.05, 3.63) is 173 Å². The van der Waals surface area contributed by atoms with Gasteiger partial charge in [-0.2, -0.15) is 0 Å². The highest BCUT2D eigenvalue weighted by Crippen LogP contribution is 2.53. The normalized spacial score (nSPS) is 15.1. The smallest absolute Gasteiger partial charge is 0.197 e. The first kappa shape index (κ1) is 35.9. The summed E-state index contributed by atoms with van der Waals surface area (Å²) in [6.45, 7) is 16.3. The number of fused-ring (bicyclic) bond motifs is 15. The third-order valence-corrected chi connectivity index (χ3v) is 14.8. The van der Waals surface area contributed by atoms with Gasteiger partial charge in [-0.1, -0.05) is 151 Å². The van der Waals surface area contributed by atoms with Crippen molar-refractivity contribution in [2.24, 2.45) is 0 Å². The van der Waals surface area contributed by atoms with Crippen LogP contribution in [-0.4, -0.2) is 11.8 Å². The first-order valence-electron chi connectivity index (χ1n) is 22.1. The molecule has 0 amide bonds. The molecule has 0 saturated carbocycles. The Hall–Kier alpha value is -6.78. The number of aromatic nitrogens is 1. The lowest BCUT2D eigenvalue weighted by Gasteiger charge is -2.27. The molecular formula is C58H46BN2O. The molecule has 0 unspecified atom stereocenters. The van der Waals surface area contributed by atoms with E-state index in [1.54, 1.807) is 0 Å². The number of benzene rings is 8. The van der Waals surface area contributed by atoms with Crippen molar-refractivity contribution >= 4 is 73.3 Å². The average Bonchev–Trinajstić information content (AvgIpc) is 3.94. The fraction of sp³-hybridized carbons (Fsp3) is 0.172. The lowest BCUT2D eigenvalue weighted by molar-refractivity contribution is 0.590. The first-order valence-corrected chi connectivity index (χ1v) is 22.1. The Labute approximate surface area is 363 Å². The zero-order valence-corrected chi connectivity index (χ0v) is 36.3. The molecule has 1 aliphatic heterocycles. The molecule has 8 aromatic carbocycles. The molecule has 1 radical (unpaired) electrons. The Balaban J connectivity index is 1.12. The van der Waals surface area contributed by atoms with Gasteiger partial charge in [-0.3, -0.25) is 0 Å². The molecule has 2 aliphatic carbocycles. The van der Waals surface area contributed by atoms with Gasteiger partial charge in [0, 0.05) is 60.5 Å². The van der Waals surface area contributed by atoms with Crippen molar-refractivity contribution in [3.8, 4) is 39.1 Å². The second kappa shape index (κ2) is 12.0. The molecule has 297 valence electrons. The average molecular weight is 798 g/mol. The minimum Gasteiger partial charge on any atom is -0.456 e. The number of hydrogen-bond acceptors (Lipinski definition) is 2. The lowest BCUT2D eigenvalue weighted by atomic mass is 9.58. The van der Waals surface area contributed by atoms with Crippen LogP contribution in [-0.2, 0) is 16.2 Å². The van der Waals surface area contributed by atoms with Crippen LogP contribution in [0.3, 0.4) is 0 Å². The van der Waals surface area contributed by atoms with Crippen molar-refractivity contribution in [1.29, 1.82) is 0 Å². The van der Waals surface area contributed by atoms with E-state index >= 15 is 0 Å². The van der Waals surface area contributed by atoms with Gasteiger partial charge in [-0.25, -0.2) is 0 Å². The molecule has 0 fully saturated rings.